The van der Waals surface area contributed by atoms with Crippen LogP contribution in [0.3, 0.4) is 0 Å². The number of hydrogen-bond donors (Lipinski definition) is 0. The van der Waals surface area contributed by atoms with Crippen LogP contribution in [-0.2, 0) is 9.47 Å². The second-order valence-corrected chi connectivity index (χ2v) is 25.5. The Morgan fingerprint density at radius 3 is 1.04 bits per heavy atom. The molecule has 4 aliphatic rings. The van der Waals surface area contributed by atoms with Crippen molar-refractivity contribution in [2.24, 2.45) is 80.8 Å². The lowest BCUT2D eigenvalue weighted by molar-refractivity contribution is -0.0820. The van der Waals surface area contributed by atoms with Gasteiger partial charge in [0.1, 0.15) is 0 Å². The Hall–Kier alpha value is -1.64. The Kier molecular flexibility index (Phi) is 12.9. The summed E-state index contributed by atoms with van der Waals surface area (Å²) in [6, 6.07) is 14.9. The average Bonchev–Trinajstić information content (AvgIpc) is 3.55. The first-order valence-electron chi connectivity index (χ1n) is 23.5. The second-order valence-electron chi connectivity index (χ2n) is 25.5. The van der Waals surface area contributed by atoms with Crippen LogP contribution in [0.15, 0.2) is 36.4 Å². The van der Waals surface area contributed by atoms with Gasteiger partial charge in [-0.15, -0.1) is 0 Å². The van der Waals surface area contributed by atoms with Gasteiger partial charge in [-0.25, -0.2) is 0 Å². The summed E-state index contributed by atoms with van der Waals surface area (Å²) in [7, 11) is 4.06. The van der Waals surface area contributed by atoms with Crippen LogP contribution >= 0.6 is 0 Å². The summed E-state index contributed by atoms with van der Waals surface area (Å²) in [5.74, 6) is 7.77. The maximum absolute atomic E-state index is 6.76. The van der Waals surface area contributed by atoms with Crippen LogP contribution in [0, 0.1) is 109 Å². The molecule has 0 bridgehead atoms. The van der Waals surface area contributed by atoms with Crippen molar-refractivity contribution in [2.75, 3.05) is 14.2 Å². The summed E-state index contributed by atoms with van der Waals surface area (Å²) in [5.41, 5.74) is 9.67. The van der Waals surface area contributed by atoms with E-state index < -0.39 is 0 Å². The number of hydrogen-bond acceptors (Lipinski definition) is 2. The smallest absolute Gasteiger partial charge is 0.0675 e. The lowest BCUT2D eigenvalue weighted by Crippen LogP contribution is -2.48. The fourth-order valence-electron chi connectivity index (χ4n) is 14.8. The minimum Gasteiger partial charge on any atom is -0.381 e. The predicted octanol–water partition coefficient (Wildman–Crippen LogP) is 14.9. The Balaban J connectivity index is 1.49. The molecular formula is C55H88O2. The molecule has 0 radical (unpaired) electrons. The summed E-state index contributed by atoms with van der Waals surface area (Å²) in [6.45, 7) is 39.4. The zero-order valence-corrected chi connectivity index (χ0v) is 40.3. The zero-order chi connectivity index (χ0) is 42.2. The number of aryl methyl sites for hydroxylation is 4. The summed E-state index contributed by atoms with van der Waals surface area (Å²) >= 11 is 0. The van der Waals surface area contributed by atoms with E-state index in [1.54, 1.807) is 11.1 Å². The van der Waals surface area contributed by atoms with E-state index in [9.17, 15) is 0 Å². The van der Waals surface area contributed by atoms with Crippen LogP contribution in [0.1, 0.15) is 173 Å². The van der Waals surface area contributed by atoms with E-state index in [4.69, 9.17) is 9.47 Å². The van der Waals surface area contributed by atoms with Crippen LogP contribution in [0.25, 0.3) is 0 Å². The van der Waals surface area contributed by atoms with Gasteiger partial charge in [-0.1, -0.05) is 142 Å². The van der Waals surface area contributed by atoms with Gasteiger partial charge in [0.05, 0.1) is 12.2 Å². The quantitative estimate of drug-likeness (QED) is 0.266. The lowest BCUT2D eigenvalue weighted by atomic mass is 9.56. The van der Waals surface area contributed by atoms with E-state index in [1.165, 1.54) is 67.2 Å². The third-order valence-electron chi connectivity index (χ3n) is 16.4. The normalized spacial score (nSPS) is 36.3. The largest absolute Gasteiger partial charge is 0.381 e. The standard InChI is InChI=1S/C55H88O2/c1-32-19-33(2)22-36(21-32)48-44-25-38(30-52(5,6)7)40(42(44)28-46(50(48)56-17)54(11,12)13)27-41-39(31-53(8,9)10)26-45-43(41)29-47(55(14,15)16)51(57-18)49(45)37-23-34(3)20-35(4)24-37/h19-24,38-51H,25-31H2,1-18H3. The number of rotatable bonds is 8. The highest BCUT2D eigenvalue weighted by atomic mass is 16.5. The van der Waals surface area contributed by atoms with E-state index in [-0.39, 0.29) is 23.0 Å². The Morgan fingerprint density at radius 1 is 0.456 bits per heavy atom. The topological polar surface area (TPSA) is 18.5 Å². The molecular weight excluding hydrogens is 693 g/mol. The van der Waals surface area contributed by atoms with Crippen molar-refractivity contribution in [1.29, 1.82) is 0 Å². The molecule has 4 aliphatic carbocycles. The van der Waals surface area contributed by atoms with Crippen LogP contribution < -0.4 is 0 Å². The molecule has 57 heavy (non-hydrogen) atoms. The highest BCUT2D eigenvalue weighted by Crippen LogP contribution is 2.66. The van der Waals surface area contributed by atoms with Crippen LogP contribution in [0.5, 0.6) is 0 Å². The van der Waals surface area contributed by atoms with Crippen molar-refractivity contribution in [1.82, 2.24) is 0 Å². The minimum atomic E-state index is 0.181. The SMILES string of the molecule is COC1C(c2cc(C)cc(C)c2)C2CC(CC(C)(C)C)C(CC3C(CC(C)(C)C)CC4C3CC(C(C)(C)C)C(OC)C4c3cc(C)cc(C)c3)C2CC1C(C)(C)C. The van der Waals surface area contributed by atoms with Crippen LogP contribution in [0.4, 0.5) is 0 Å². The van der Waals surface area contributed by atoms with E-state index in [1.807, 2.05) is 14.2 Å². The second kappa shape index (κ2) is 16.3. The molecule has 14 unspecified atom stereocenters. The molecule has 2 aromatic rings. The summed E-state index contributed by atoms with van der Waals surface area (Å²) in [4.78, 5) is 0. The molecule has 320 valence electrons. The van der Waals surface area contributed by atoms with Crippen molar-refractivity contribution in [3.63, 3.8) is 0 Å². The van der Waals surface area contributed by atoms with Gasteiger partial charge in [-0.05, 0) is 165 Å². The average molecular weight is 781 g/mol. The highest BCUT2D eigenvalue weighted by Gasteiger charge is 2.60. The lowest BCUT2D eigenvalue weighted by Gasteiger charge is -2.52. The Morgan fingerprint density at radius 2 is 0.772 bits per heavy atom. The third kappa shape index (κ3) is 9.64. The van der Waals surface area contributed by atoms with Gasteiger partial charge < -0.3 is 9.47 Å². The molecule has 0 N–H and O–H groups in total. The van der Waals surface area contributed by atoms with E-state index in [2.05, 4.69) is 147 Å². The predicted molar refractivity (Wildman–Crippen MR) is 244 cm³/mol. The van der Waals surface area contributed by atoms with Crippen LogP contribution in [-0.4, -0.2) is 26.4 Å². The van der Waals surface area contributed by atoms with Crippen molar-refractivity contribution in [3.8, 4) is 0 Å². The number of fused-ring (bicyclic) bond motifs is 2. The fourth-order valence-corrected chi connectivity index (χ4v) is 14.8. The Bertz CT molecular complexity index is 1510. The van der Waals surface area contributed by atoms with Gasteiger partial charge in [0, 0.05) is 26.1 Å². The van der Waals surface area contributed by atoms with Gasteiger partial charge in [-0.2, -0.15) is 0 Å². The molecule has 0 amide bonds. The maximum atomic E-state index is 6.76. The first-order chi connectivity index (χ1) is 26.3. The molecule has 0 saturated heterocycles. The molecule has 0 aliphatic heterocycles. The molecule has 2 heteroatoms. The molecule has 2 nitrogen and oxygen atoms in total. The first-order valence-corrected chi connectivity index (χ1v) is 23.5. The number of benzene rings is 2. The third-order valence-corrected chi connectivity index (χ3v) is 16.4. The molecule has 6 rings (SSSR count). The number of methoxy groups -OCH3 is 2. The molecule has 0 aromatic heterocycles. The van der Waals surface area contributed by atoms with E-state index in [0.717, 1.165) is 35.5 Å². The molecule has 0 spiro atoms. The van der Waals surface area contributed by atoms with Crippen molar-refractivity contribution >= 4 is 0 Å². The molecule has 4 saturated carbocycles. The van der Waals surface area contributed by atoms with Gasteiger partial charge >= 0.3 is 0 Å². The molecule has 4 fully saturated rings. The zero-order valence-electron chi connectivity index (χ0n) is 40.3. The van der Waals surface area contributed by atoms with Crippen molar-refractivity contribution < 1.29 is 9.47 Å². The summed E-state index contributed by atoms with van der Waals surface area (Å²) in [6.07, 6.45) is 9.90. The summed E-state index contributed by atoms with van der Waals surface area (Å²) < 4.78 is 13.5. The van der Waals surface area contributed by atoms with E-state index in [0.29, 0.717) is 46.3 Å². The molecule has 0 heterocycles. The molecule has 14 atom stereocenters. The fraction of sp³-hybridized carbons (Fsp3) is 0.782. The van der Waals surface area contributed by atoms with Crippen LogP contribution in [0.2, 0.25) is 0 Å². The van der Waals surface area contributed by atoms with E-state index >= 15 is 0 Å². The maximum Gasteiger partial charge on any atom is 0.0675 e. The number of ether oxygens (including phenoxy) is 2. The first kappa shape index (κ1) is 44.9. The van der Waals surface area contributed by atoms with Gasteiger partial charge in [-0.3, -0.25) is 0 Å². The van der Waals surface area contributed by atoms with Crippen molar-refractivity contribution in [3.05, 3.63) is 69.8 Å². The van der Waals surface area contributed by atoms with Gasteiger partial charge in [0.15, 0.2) is 0 Å². The monoisotopic (exact) mass is 781 g/mol. The Labute approximate surface area is 352 Å². The van der Waals surface area contributed by atoms with Gasteiger partial charge in [0.2, 0.25) is 0 Å². The van der Waals surface area contributed by atoms with Gasteiger partial charge in [0.25, 0.3) is 0 Å². The molecule has 2 aromatic carbocycles. The summed E-state index contributed by atoms with van der Waals surface area (Å²) in [5, 5.41) is 0. The highest BCUT2D eigenvalue weighted by molar-refractivity contribution is 5.35. The van der Waals surface area contributed by atoms with Crippen molar-refractivity contribution in [2.45, 2.75) is 180 Å². The minimum absolute atomic E-state index is 0.181.